The number of carbonyl (C=O) groups is 1. The molecule has 0 atom stereocenters. The van der Waals surface area contributed by atoms with E-state index in [4.69, 9.17) is 4.74 Å². The smallest absolute Gasteiger partial charge is 0.266 e. The van der Waals surface area contributed by atoms with Crippen LogP contribution in [0.4, 0.5) is 4.39 Å². The molecule has 0 aliphatic heterocycles. The number of amides is 1. The molecule has 1 amide bonds. The summed E-state index contributed by atoms with van der Waals surface area (Å²) in [5, 5.41) is 10.7. The van der Waals surface area contributed by atoms with Gasteiger partial charge in [-0.1, -0.05) is 0 Å². The zero-order valence-electron chi connectivity index (χ0n) is 13.6. The molecule has 10 heteroatoms. The molecular weight excluding hydrogens is 343 g/mol. The highest BCUT2D eigenvalue weighted by Gasteiger charge is 2.06. The molecule has 3 aromatic rings. The number of aromatic nitrogens is 5. The molecule has 0 radical (unpaired) electrons. The first-order valence-electron chi connectivity index (χ1n) is 7.70. The predicted molar refractivity (Wildman–Crippen MR) is 88.3 cm³/mol. The van der Waals surface area contributed by atoms with Gasteiger partial charge in [-0.2, -0.15) is 5.10 Å². The molecule has 0 spiro atoms. The SMILES string of the molecule is O=C(COc1ccc(F)cc1)NCCn1nc(-n2cncn2)ccc1=O. The molecule has 1 aromatic carbocycles. The second kappa shape index (κ2) is 8.01. The van der Waals surface area contributed by atoms with Gasteiger partial charge >= 0.3 is 0 Å². The van der Waals surface area contributed by atoms with Gasteiger partial charge in [-0.3, -0.25) is 9.59 Å². The van der Waals surface area contributed by atoms with Gasteiger partial charge in [0.15, 0.2) is 12.4 Å². The van der Waals surface area contributed by atoms with Crippen molar-refractivity contribution in [1.29, 1.82) is 0 Å². The Balaban J connectivity index is 1.49. The van der Waals surface area contributed by atoms with Gasteiger partial charge in [0.2, 0.25) is 0 Å². The fraction of sp³-hybridized carbons (Fsp3) is 0.188. The summed E-state index contributed by atoms with van der Waals surface area (Å²) in [5.74, 6) is 0.0794. The average molecular weight is 358 g/mol. The highest BCUT2D eigenvalue weighted by atomic mass is 19.1. The summed E-state index contributed by atoms with van der Waals surface area (Å²) >= 11 is 0. The van der Waals surface area contributed by atoms with Crippen molar-refractivity contribution < 1.29 is 13.9 Å². The largest absolute Gasteiger partial charge is 0.484 e. The van der Waals surface area contributed by atoms with Gasteiger partial charge in [-0.25, -0.2) is 18.7 Å². The highest BCUT2D eigenvalue weighted by molar-refractivity contribution is 5.77. The van der Waals surface area contributed by atoms with E-state index in [1.165, 1.54) is 58.4 Å². The van der Waals surface area contributed by atoms with Crippen molar-refractivity contribution in [2.24, 2.45) is 0 Å². The maximum absolute atomic E-state index is 12.8. The van der Waals surface area contributed by atoms with Crippen LogP contribution < -0.4 is 15.6 Å². The second-order valence-electron chi connectivity index (χ2n) is 5.19. The van der Waals surface area contributed by atoms with Crippen LogP contribution in [0.25, 0.3) is 5.82 Å². The summed E-state index contributed by atoms with van der Waals surface area (Å²) in [6.45, 7) is 0.163. The Hall–Kier alpha value is -3.56. The van der Waals surface area contributed by atoms with Crippen LogP contribution in [-0.2, 0) is 11.3 Å². The minimum Gasteiger partial charge on any atom is -0.484 e. The van der Waals surface area contributed by atoms with E-state index < -0.39 is 0 Å². The molecule has 1 N–H and O–H groups in total. The van der Waals surface area contributed by atoms with Crippen LogP contribution >= 0.6 is 0 Å². The van der Waals surface area contributed by atoms with E-state index in [0.29, 0.717) is 11.6 Å². The van der Waals surface area contributed by atoms with E-state index in [-0.39, 0.29) is 37.0 Å². The molecule has 0 saturated heterocycles. The quantitative estimate of drug-likeness (QED) is 0.645. The van der Waals surface area contributed by atoms with Crippen molar-refractivity contribution in [2.45, 2.75) is 6.54 Å². The van der Waals surface area contributed by atoms with E-state index in [9.17, 15) is 14.0 Å². The Kier molecular flexibility index (Phi) is 5.32. The summed E-state index contributed by atoms with van der Waals surface area (Å²) in [4.78, 5) is 27.4. The van der Waals surface area contributed by atoms with E-state index in [1.54, 1.807) is 0 Å². The third-order valence-corrected chi connectivity index (χ3v) is 3.34. The third kappa shape index (κ3) is 4.50. The maximum Gasteiger partial charge on any atom is 0.266 e. The van der Waals surface area contributed by atoms with Crippen LogP contribution in [0.15, 0.2) is 53.8 Å². The van der Waals surface area contributed by atoms with Gasteiger partial charge < -0.3 is 10.1 Å². The topological polar surface area (TPSA) is 104 Å². The summed E-state index contributed by atoms with van der Waals surface area (Å²) in [7, 11) is 0. The number of rotatable bonds is 7. The Morgan fingerprint density at radius 1 is 1.19 bits per heavy atom. The minimum atomic E-state index is -0.382. The molecule has 9 nitrogen and oxygen atoms in total. The van der Waals surface area contributed by atoms with Crippen molar-refractivity contribution in [3.05, 3.63) is 65.2 Å². The number of carbonyl (C=O) groups excluding carboxylic acids is 1. The standard InChI is InChI=1S/C16H15FN6O3/c17-12-1-3-13(4-2-12)26-9-15(24)19-7-8-22-16(25)6-5-14(21-22)23-11-18-10-20-23/h1-6,10-11H,7-9H2,(H,19,24). The first kappa shape index (κ1) is 17.3. The number of nitrogens with one attached hydrogen (secondary N) is 1. The summed E-state index contributed by atoms with van der Waals surface area (Å²) in [5.41, 5.74) is -0.300. The number of hydrogen-bond acceptors (Lipinski definition) is 6. The normalized spacial score (nSPS) is 10.5. The van der Waals surface area contributed by atoms with Gasteiger partial charge in [0, 0.05) is 12.6 Å². The molecule has 0 aliphatic carbocycles. The Labute approximate surface area is 147 Å². The van der Waals surface area contributed by atoms with Crippen molar-refractivity contribution in [1.82, 2.24) is 29.9 Å². The lowest BCUT2D eigenvalue weighted by molar-refractivity contribution is -0.123. The van der Waals surface area contributed by atoms with Gasteiger partial charge in [0.25, 0.3) is 11.5 Å². The Morgan fingerprint density at radius 3 is 2.73 bits per heavy atom. The molecule has 0 bridgehead atoms. The summed E-state index contributed by atoms with van der Waals surface area (Å²) in [6.07, 6.45) is 2.82. The lowest BCUT2D eigenvalue weighted by atomic mass is 10.3. The first-order chi connectivity index (χ1) is 12.6. The van der Waals surface area contributed by atoms with Crippen LogP contribution in [0.2, 0.25) is 0 Å². The van der Waals surface area contributed by atoms with Gasteiger partial charge in [0.05, 0.1) is 6.54 Å². The van der Waals surface area contributed by atoms with E-state index in [0.717, 1.165) is 0 Å². The lowest BCUT2D eigenvalue weighted by Gasteiger charge is -2.09. The third-order valence-electron chi connectivity index (χ3n) is 3.34. The van der Waals surface area contributed by atoms with Crippen molar-refractivity contribution in [3.63, 3.8) is 0 Å². The molecule has 0 aliphatic rings. The molecule has 2 heterocycles. The highest BCUT2D eigenvalue weighted by Crippen LogP contribution is 2.10. The van der Waals surface area contributed by atoms with Crippen molar-refractivity contribution >= 4 is 5.91 Å². The van der Waals surface area contributed by atoms with E-state index in [2.05, 4.69) is 20.5 Å². The van der Waals surface area contributed by atoms with Gasteiger partial charge in [0.1, 0.15) is 24.2 Å². The maximum atomic E-state index is 12.8. The van der Waals surface area contributed by atoms with Crippen LogP contribution in [0, 0.1) is 5.82 Å². The van der Waals surface area contributed by atoms with Crippen LogP contribution in [0.5, 0.6) is 5.75 Å². The number of halogens is 1. The molecule has 0 fully saturated rings. The van der Waals surface area contributed by atoms with E-state index in [1.807, 2.05) is 0 Å². The predicted octanol–water partition coefficient (Wildman–Crippen LogP) is 0.158. The fourth-order valence-electron chi connectivity index (χ4n) is 2.08. The van der Waals surface area contributed by atoms with E-state index >= 15 is 0 Å². The monoisotopic (exact) mass is 358 g/mol. The number of nitrogens with zero attached hydrogens (tertiary/aromatic N) is 5. The molecule has 134 valence electrons. The second-order valence-corrected chi connectivity index (χ2v) is 5.19. The fourth-order valence-corrected chi connectivity index (χ4v) is 2.08. The molecule has 0 unspecified atom stereocenters. The van der Waals surface area contributed by atoms with Gasteiger partial charge in [-0.05, 0) is 30.3 Å². The number of hydrogen-bond donors (Lipinski definition) is 1. The van der Waals surface area contributed by atoms with Crippen LogP contribution in [0.1, 0.15) is 0 Å². The Bertz CT molecular complexity index is 924. The molecule has 26 heavy (non-hydrogen) atoms. The minimum absolute atomic E-state index is 0.184. The van der Waals surface area contributed by atoms with Crippen molar-refractivity contribution in [2.75, 3.05) is 13.2 Å². The molecular formula is C16H15FN6O3. The number of benzene rings is 1. The van der Waals surface area contributed by atoms with Crippen LogP contribution in [-0.4, -0.2) is 43.6 Å². The lowest BCUT2D eigenvalue weighted by Crippen LogP contribution is -2.34. The Morgan fingerprint density at radius 2 is 2.00 bits per heavy atom. The zero-order chi connectivity index (χ0) is 18.4. The molecule has 3 rings (SSSR count). The first-order valence-corrected chi connectivity index (χ1v) is 7.70. The molecule has 2 aromatic heterocycles. The van der Waals surface area contributed by atoms with Crippen molar-refractivity contribution in [3.8, 4) is 11.6 Å². The summed E-state index contributed by atoms with van der Waals surface area (Å²) in [6, 6.07) is 8.25. The molecule has 0 saturated carbocycles. The summed E-state index contributed by atoms with van der Waals surface area (Å²) < 4.78 is 20.7. The zero-order valence-corrected chi connectivity index (χ0v) is 13.6. The number of ether oxygens (including phenoxy) is 1. The van der Waals surface area contributed by atoms with Gasteiger partial charge in [-0.15, -0.1) is 5.10 Å². The average Bonchev–Trinajstić information content (AvgIpc) is 3.17. The van der Waals surface area contributed by atoms with Crippen LogP contribution in [0.3, 0.4) is 0 Å².